The minimum absolute atomic E-state index is 0.125. The molecule has 42 heavy (non-hydrogen) atoms. The molecule has 0 aliphatic carbocycles. The van der Waals surface area contributed by atoms with Gasteiger partial charge in [-0.25, -0.2) is 0 Å². The zero-order valence-electron chi connectivity index (χ0n) is 26.4. The Balaban J connectivity index is 2.38. The zero-order valence-corrected chi connectivity index (χ0v) is 26.4. The van der Waals surface area contributed by atoms with Gasteiger partial charge in [0.2, 0.25) is 5.91 Å². The Hall–Kier alpha value is -3.23. The molecule has 2 aromatic rings. The van der Waals surface area contributed by atoms with Crippen LogP contribution in [0.25, 0.3) is 0 Å². The second kappa shape index (κ2) is 17.0. The van der Waals surface area contributed by atoms with Crippen LogP contribution in [0.3, 0.4) is 0 Å². The van der Waals surface area contributed by atoms with Gasteiger partial charge < -0.3 is 25.7 Å². The van der Waals surface area contributed by atoms with E-state index in [1.54, 1.807) is 23.1 Å². The molecule has 0 saturated heterocycles. The number of benzene rings is 2. The third kappa shape index (κ3) is 10.2. The SMILES string of the molecule is CCCN(CCC)C(=O)c1cc(C)cc(C(=O)NC(Cc2ccccc2)C(O)C(O)C(C(=O)NCC(C)C)C(C)C)c1. The summed E-state index contributed by atoms with van der Waals surface area (Å²) in [6.07, 6.45) is -0.945. The minimum atomic E-state index is -1.43. The van der Waals surface area contributed by atoms with Gasteiger partial charge in [0.1, 0.15) is 6.10 Å². The van der Waals surface area contributed by atoms with Crippen LogP contribution in [0.1, 0.15) is 86.2 Å². The number of aliphatic hydroxyl groups excluding tert-OH is 2. The molecule has 0 aromatic heterocycles. The van der Waals surface area contributed by atoms with Crippen molar-refractivity contribution < 1.29 is 24.6 Å². The van der Waals surface area contributed by atoms with E-state index in [4.69, 9.17) is 0 Å². The minimum Gasteiger partial charge on any atom is -0.390 e. The van der Waals surface area contributed by atoms with Gasteiger partial charge in [0.05, 0.1) is 18.1 Å². The highest BCUT2D eigenvalue weighted by atomic mass is 16.3. The summed E-state index contributed by atoms with van der Waals surface area (Å²) in [6, 6.07) is 13.5. The molecule has 0 radical (unpaired) electrons. The summed E-state index contributed by atoms with van der Waals surface area (Å²) in [4.78, 5) is 41.8. The smallest absolute Gasteiger partial charge is 0.253 e. The summed E-state index contributed by atoms with van der Waals surface area (Å²) in [5, 5.41) is 28.6. The quantitative estimate of drug-likeness (QED) is 0.235. The fourth-order valence-corrected chi connectivity index (χ4v) is 5.18. The molecular weight excluding hydrogens is 530 g/mol. The standard InChI is InChI=1S/C34H51N3O5/c1-8-15-37(16-9-2)34(42)27-18-24(7)17-26(20-27)32(40)36-28(19-25-13-11-10-12-14-25)30(38)31(39)29(23(5)6)33(41)35-21-22(3)4/h10-14,17-18,20,22-23,28-31,38-39H,8-9,15-16,19,21H2,1-7H3,(H,35,41)(H,36,40). The Morgan fingerprint density at radius 3 is 2.00 bits per heavy atom. The molecule has 0 spiro atoms. The van der Waals surface area contributed by atoms with E-state index in [2.05, 4.69) is 10.6 Å². The molecule has 0 aliphatic rings. The van der Waals surface area contributed by atoms with Crippen molar-refractivity contribution in [2.45, 2.75) is 86.0 Å². The van der Waals surface area contributed by atoms with Gasteiger partial charge in [-0.2, -0.15) is 0 Å². The Morgan fingerprint density at radius 1 is 0.857 bits per heavy atom. The van der Waals surface area contributed by atoms with Crippen molar-refractivity contribution in [3.8, 4) is 0 Å². The van der Waals surface area contributed by atoms with Crippen molar-refractivity contribution in [2.24, 2.45) is 17.8 Å². The lowest BCUT2D eigenvalue weighted by molar-refractivity contribution is -0.135. The van der Waals surface area contributed by atoms with Gasteiger partial charge >= 0.3 is 0 Å². The van der Waals surface area contributed by atoms with Crippen molar-refractivity contribution in [1.29, 1.82) is 0 Å². The van der Waals surface area contributed by atoms with Crippen LogP contribution < -0.4 is 10.6 Å². The van der Waals surface area contributed by atoms with Gasteiger partial charge in [0.25, 0.3) is 11.8 Å². The molecule has 3 amide bonds. The monoisotopic (exact) mass is 581 g/mol. The highest BCUT2D eigenvalue weighted by molar-refractivity contribution is 6.00. The van der Waals surface area contributed by atoms with Gasteiger partial charge in [-0.1, -0.05) is 71.9 Å². The predicted molar refractivity (Wildman–Crippen MR) is 167 cm³/mol. The highest BCUT2D eigenvalue weighted by Crippen LogP contribution is 2.22. The first-order valence-corrected chi connectivity index (χ1v) is 15.3. The maximum absolute atomic E-state index is 13.6. The molecule has 8 nitrogen and oxygen atoms in total. The molecule has 0 fully saturated rings. The molecule has 0 heterocycles. The second-order valence-electron chi connectivity index (χ2n) is 12.0. The van der Waals surface area contributed by atoms with Crippen LogP contribution in [0.4, 0.5) is 0 Å². The summed E-state index contributed by atoms with van der Waals surface area (Å²) in [5.41, 5.74) is 2.35. The van der Waals surface area contributed by atoms with Gasteiger partial charge in [0.15, 0.2) is 0 Å². The molecule has 8 heteroatoms. The van der Waals surface area contributed by atoms with Crippen LogP contribution >= 0.6 is 0 Å². The first-order chi connectivity index (χ1) is 19.9. The number of hydrogen-bond acceptors (Lipinski definition) is 5. The van der Waals surface area contributed by atoms with Crippen molar-refractivity contribution in [2.75, 3.05) is 19.6 Å². The molecule has 4 unspecified atom stereocenters. The largest absolute Gasteiger partial charge is 0.390 e. The Labute approximate surface area is 251 Å². The van der Waals surface area contributed by atoms with Crippen molar-refractivity contribution >= 4 is 17.7 Å². The Kier molecular flexibility index (Phi) is 14.2. The third-order valence-corrected chi connectivity index (χ3v) is 7.31. The molecule has 2 aromatic carbocycles. The summed E-state index contributed by atoms with van der Waals surface area (Å²) in [7, 11) is 0. The Bertz CT molecular complexity index is 1150. The van der Waals surface area contributed by atoms with E-state index < -0.39 is 30.1 Å². The van der Waals surface area contributed by atoms with Crippen LogP contribution in [0, 0.1) is 24.7 Å². The van der Waals surface area contributed by atoms with Gasteiger partial charge in [-0.15, -0.1) is 0 Å². The maximum atomic E-state index is 13.6. The topological polar surface area (TPSA) is 119 Å². The van der Waals surface area contributed by atoms with Crippen molar-refractivity contribution in [1.82, 2.24) is 15.5 Å². The van der Waals surface area contributed by atoms with Crippen molar-refractivity contribution in [3.05, 3.63) is 70.8 Å². The number of hydrogen-bond donors (Lipinski definition) is 4. The number of aliphatic hydroxyl groups is 2. The van der Waals surface area contributed by atoms with Gasteiger partial charge in [0, 0.05) is 30.8 Å². The number of aryl methyl sites for hydroxylation is 1. The van der Waals surface area contributed by atoms with Crippen LogP contribution in [0.15, 0.2) is 48.5 Å². The number of amides is 3. The summed E-state index contributed by atoms with van der Waals surface area (Å²) >= 11 is 0. The Morgan fingerprint density at radius 2 is 1.45 bits per heavy atom. The van der Waals surface area contributed by atoms with E-state index in [1.165, 1.54) is 0 Å². The first kappa shape index (κ1) is 35.0. The van der Waals surface area contributed by atoms with Gasteiger partial charge in [-0.3, -0.25) is 14.4 Å². The van der Waals surface area contributed by atoms with E-state index in [0.717, 1.165) is 24.0 Å². The number of nitrogens with one attached hydrogen (secondary N) is 2. The zero-order chi connectivity index (χ0) is 31.4. The number of carbonyl (C=O) groups is 3. The first-order valence-electron chi connectivity index (χ1n) is 15.3. The molecule has 2 rings (SSSR count). The third-order valence-electron chi connectivity index (χ3n) is 7.31. The summed E-state index contributed by atoms with van der Waals surface area (Å²) in [5.74, 6) is -1.82. The number of nitrogens with zero attached hydrogens (tertiary/aromatic N) is 1. The molecule has 0 bridgehead atoms. The van der Waals surface area contributed by atoms with E-state index in [9.17, 15) is 24.6 Å². The van der Waals surface area contributed by atoms with Crippen molar-refractivity contribution in [3.63, 3.8) is 0 Å². The fourth-order valence-electron chi connectivity index (χ4n) is 5.18. The molecule has 0 saturated carbocycles. The average molecular weight is 582 g/mol. The maximum Gasteiger partial charge on any atom is 0.253 e. The second-order valence-corrected chi connectivity index (χ2v) is 12.0. The van der Waals surface area contributed by atoms with Crippen LogP contribution in [-0.2, 0) is 11.2 Å². The fraction of sp³-hybridized carbons (Fsp3) is 0.559. The molecule has 0 aliphatic heterocycles. The van der Waals surface area contributed by atoms with Crippen LogP contribution in [0.5, 0.6) is 0 Å². The van der Waals surface area contributed by atoms with Crippen LogP contribution in [0.2, 0.25) is 0 Å². The number of carbonyl (C=O) groups excluding carboxylic acids is 3. The normalized spacial score (nSPS) is 14.3. The lowest BCUT2D eigenvalue weighted by atomic mass is 9.83. The molecule has 4 N–H and O–H groups in total. The molecular formula is C34H51N3O5. The summed E-state index contributed by atoms with van der Waals surface area (Å²) < 4.78 is 0. The summed E-state index contributed by atoms with van der Waals surface area (Å²) in [6.45, 7) is 15.2. The van der Waals surface area contributed by atoms with E-state index in [0.29, 0.717) is 30.8 Å². The van der Waals surface area contributed by atoms with Crippen LogP contribution in [-0.4, -0.2) is 70.7 Å². The molecule has 232 valence electrons. The van der Waals surface area contributed by atoms with E-state index >= 15 is 0 Å². The molecule has 4 atom stereocenters. The van der Waals surface area contributed by atoms with E-state index in [1.807, 2.05) is 78.8 Å². The van der Waals surface area contributed by atoms with Gasteiger partial charge in [-0.05, 0) is 67.3 Å². The predicted octanol–water partition coefficient (Wildman–Crippen LogP) is 4.36. The van der Waals surface area contributed by atoms with E-state index in [-0.39, 0.29) is 30.1 Å². The average Bonchev–Trinajstić information content (AvgIpc) is 2.94. The lowest BCUT2D eigenvalue weighted by Gasteiger charge is -2.33. The highest BCUT2D eigenvalue weighted by Gasteiger charge is 2.38. The lowest BCUT2D eigenvalue weighted by Crippen LogP contribution is -2.55. The number of rotatable bonds is 16.